The smallest absolute Gasteiger partial charge is 0.251 e. The summed E-state index contributed by atoms with van der Waals surface area (Å²) in [5.74, 6) is -0.304. The van der Waals surface area contributed by atoms with Crippen LogP contribution >= 0.6 is 0 Å². The van der Waals surface area contributed by atoms with Gasteiger partial charge in [-0.3, -0.25) is 9.59 Å². The highest BCUT2D eigenvalue weighted by atomic mass is 16.5. The van der Waals surface area contributed by atoms with Gasteiger partial charge in [-0.25, -0.2) is 0 Å². The molecule has 3 N–H and O–H groups in total. The lowest BCUT2D eigenvalue weighted by molar-refractivity contribution is -0.121. The van der Waals surface area contributed by atoms with Crippen LogP contribution in [0.15, 0.2) is 24.3 Å². The molecule has 0 radical (unpaired) electrons. The second-order valence-electron chi connectivity index (χ2n) is 3.90. The molecule has 0 bridgehead atoms. The Hall–Kier alpha value is -2.08. The molecule has 6 heteroatoms. The summed E-state index contributed by atoms with van der Waals surface area (Å²) in [6, 6.07) is 5.91. The third kappa shape index (κ3) is 5.87. The predicted octanol–water partition coefficient (Wildman–Crippen LogP) is 0.275. The average molecular weight is 266 g/mol. The maximum absolute atomic E-state index is 11.7. The van der Waals surface area contributed by atoms with Crippen LogP contribution in [0.2, 0.25) is 0 Å². The van der Waals surface area contributed by atoms with Crippen LogP contribution in [-0.2, 0) is 9.53 Å². The van der Waals surface area contributed by atoms with Crippen molar-refractivity contribution < 1.29 is 19.4 Å². The summed E-state index contributed by atoms with van der Waals surface area (Å²) in [5, 5.41) is 14.4. The van der Waals surface area contributed by atoms with Crippen LogP contribution in [-0.4, -0.2) is 43.7 Å². The summed E-state index contributed by atoms with van der Waals surface area (Å²) in [4.78, 5) is 23.0. The van der Waals surface area contributed by atoms with Crippen LogP contribution in [0.4, 0.5) is 0 Å². The van der Waals surface area contributed by atoms with Crippen molar-refractivity contribution in [2.24, 2.45) is 0 Å². The number of nitrogens with one attached hydrogen (secondary N) is 2. The van der Waals surface area contributed by atoms with Crippen LogP contribution < -0.4 is 10.6 Å². The maximum atomic E-state index is 11.7. The van der Waals surface area contributed by atoms with Gasteiger partial charge in [-0.15, -0.1) is 0 Å². The van der Waals surface area contributed by atoms with Crippen molar-refractivity contribution in [3.63, 3.8) is 0 Å². The Bertz CT molecular complexity index is 417. The van der Waals surface area contributed by atoms with Gasteiger partial charge in [0.2, 0.25) is 5.91 Å². The van der Waals surface area contributed by atoms with Gasteiger partial charge in [0, 0.05) is 32.2 Å². The number of phenols is 1. The van der Waals surface area contributed by atoms with Crippen molar-refractivity contribution in [1.82, 2.24) is 10.6 Å². The van der Waals surface area contributed by atoms with Crippen molar-refractivity contribution in [3.05, 3.63) is 29.8 Å². The molecule has 0 saturated heterocycles. The lowest BCUT2D eigenvalue weighted by atomic mass is 10.2. The number of rotatable bonds is 7. The molecule has 2 amide bonds. The Morgan fingerprint density at radius 3 is 2.47 bits per heavy atom. The third-order valence-electron chi connectivity index (χ3n) is 2.40. The molecule has 0 saturated carbocycles. The van der Waals surface area contributed by atoms with Crippen LogP contribution in [0.5, 0.6) is 5.75 Å². The van der Waals surface area contributed by atoms with E-state index in [1.807, 2.05) is 0 Å². The summed E-state index contributed by atoms with van der Waals surface area (Å²) in [6.45, 7) is 1.19. The minimum Gasteiger partial charge on any atom is -0.508 e. The van der Waals surface area contributed by atoms with Crippen LogP contribution in [0.3, 0.4) is 0 Å². The van der Waals surface area contributed by atoms with Crippen LogP contribution in [0.1, 0.15) is 16.8 Å². The number of hydrogen-bond donors (Lipinski definition) is 3. The molecule has 0 aliphatic carbocycles. The predicted molar refractivity (Wildman–Crippen MR) is 69.9 cm³/mol. The first kappa shape index (κ1) is 15.0. The van der Waals surface area contributed by atoms with Gasteiger partial charge in [0.15, 0.2) is 0 Å². The van der Waals surface area contributed by atoms with Gasteiger partial charge in [-0.1, -0.05) is 0 Å². The SMILES string of the molecule is COCCNC(=O)CCNC(=O)c1ccc(O)cc1. The Balaban J connectivity index is 2.23. The summed E-state index contributed by atoms with van der Waals surface area (Å²) < 4.78 is 4.80. The largest absolute Gasteiger partial charge is 0.508 e. The Kier molecular flexibility index (Phi) is 6.38. The second kappa shape index (κ2) is 8.10. The number of ether oxygens (including phenoxy) is 1. The number of aromatic hydroxyl groups is 1. The van der Waals surface area contributed by atoms with E-state index in [-0.39, 0.29) is 30.5 Å². The molecule has 19 heavy (non-hydrogen) atoms. The summed E-state index contributed by atoms with van der Waals surface area (Å²) in [7, 11) is 1.56. The van der Waals surface area contributed by atoms with Crippen molar-refractivity contribution in [3.8, 4) is 5.75 Å². The van der Waals surface area contributed by atoms with E-state index in [9.17, 15) is 9.59 Å². The topological polar surface area (TPSA) is 87.7 Å². The van der Waals surface area contributed by atoms with Gasteiger partial charge in [-0.2, -0.15) is 0 Å². The van der Waals surface area contributed by atoms with E-state index >= 15 is 0 Å². The molecule has 104 valence electrons. The van der Waals surface area contributed by atoms with Gasteiger partial charge in [0.25, 0.3) is 5.91 Å². The highest BCUT2D eigenvalue weighted by Crippen LogP contribution is 2.09. The Morgan fingerprint density at radius 2 is 1.84 bits per heavy atom. The first-order valence-electron chi connectivity index (χ1n) is 5.96. The zero-order valence-corrected chi connectivity index (χ0v) is 10.8. The van der Waals surface area contributed by atoms with E-state index in [1.54, 1.807) is 7.11 Å². The molecular formula is C13H18N2O4. The third-order valence-corrected chi connectivity index (χ3v) is 2.40. The number of benzene rings is 1. The molecule has 1 rings (SSSR count). The first-order valence-corrected chi connectivity index (χ1v) is 5.96. The van der Waals surface area contributed by atoms with E-state index in [0.29, 0.717) is 18.7 Å². The summed E-state index contributed by atoms with van der Waals surface area (Å²) in [6.07, 6.45) is 0.216. The van der Waals surface area contributed by atoms with Gasteiger partial charge < -0.3 is 20.5 Å². The highest BCUT2D eigenvalue weighted by Gasteiger charge is 2.06. The average Bonchev–Trinajstić information content (AvgIpc) is 2.39. The van der Waals surface area contributed by atoms with Crippen LogP contribution in [0, 0.1) is 0 Å². The molecule has 0 aliphatic heterocycles. The monoisotopic (exact) mass is 266 g/mol. The Morgan fingerprint density at radius 1 is 1.16 bits per heavy atom. The minimum absolute atomic E-state index is 0.106. The molecule has 6 nitrogen and oxygen atoms in total. The number of carbonyl (C=O) groups excluding carboxylic acids is 2. The second-order valence-corrected chi connectivity index (χ2v) is 3.90. The molecule has 1 aromatic carbocycles. The zero-order valence-electron chi connectivity index (χ0n) is 10.8. The molecule has 0 aliphatic rings. The minimum atomic E-state index is -0.273. The number of amides is 2. The van der Waals surface area contributed by atoms with E-state index in [1.165, 1.54) is 24.3 Å². The molecule has 1 aromatic rings. The van der Waals surface area contributed by atoms with E-state index < -0.39 is 0 Å². The zero-order chi connectivity index (χ0) is 14.1. The van der Waals surface area contributed by atoms with Gasteiger partial charge in [-0.05, 0) is 24.3 Å². The lowest BCUT2D eigenvalue weighted by Crippen LogP contribution is -2.32. The molecule has 0 atom stereocenters. The van der Waals surface area contributed by atoms with Gasteiger partial charge in [0.05, 0.1) is 6.61 Å². The summed E-state index contributed by atoms with van der Waals surface area (Å²) in [5.41, 5.74) is 0.442. The van der Waals surface area contributed by atoms with Gasteiger partial charge >= 0.3 is 0 Å². The van der Waals surface area contributed by atoms with Crippen molar-refractivity contribution in [2.45, 2.75) is 6.42 Å². The number of methoxy groups -OCH3 is 1. The molecule has 0 fully saturated rings. The highest BCUT2D eigenvalue weighted by molar-refractivity contribution is 5.94. The van der Waals surface area contributed by atoms with Crippen molar-refractivity contribution >= 4 is 11.8 Å². The van der Waals surface area contributed by atoms with Crippen molar-refractivity contribution in [2.75, 3.05) is 26.8 Å². The first-order chi connectivity index (χ1) is 9.13. The summed E-state index contributed by atoms with van der Waals surface area (Å²) >= 11 is 0. The van der Waals surface area contributed by atoms with E-state index in [0.717, 1.165) is 0 Å². The fourth-order valence-corrected chi connectivity index (χ4v) is 1.39. The molecular weight excluding hydrogens is 248 g/mol. The number of carbonyl (C=O) groups is 2. The fraction of sp³-hybridized carbons (Fsp3) is 0.385. The van der Waals surface area contributed by atoms with Gasteiger partial charge in [0.1, 0.15) is 5.75 Å². The van der Waals surface area contributed by atoms with Crippen molar-refractivity contribution in [1.29, 1.82) is 0 Å². The lowest BCUT2D eigenvalue weighted by Gasteiger charge is -2.06. The normalized spacial score (nSPS) is 9.95. The fourth-order valence-electron chi connectivity index (χ4n) is 1.39. The maximum Gasteiger partial charge on any atom is 0.251 e. The number of hydrogen-bond acceptors (Lipinski definition) is 4. The molecule has 0 aromatic heterocycles. The molecule has 0 unspecified atom stereocenters. The molecule has 0 spiro atoms. The van der Waals surface area contributed by atoms with E-state index in [4.69, 9.17) is 9.84 Å². The molecule has 0 heterocycles. The van der Waals surface area contributed by atoms with E-state index in [2.05, 4.69) is 10.6 Å². The van der Waals surface area contributed by atoms with Crippen LogP contribution in [0.25, 0.3) is 0 Å². The standard InChI is InChI=1S/C13H18N2O4/c1-19-9-8-14-12(17)6-7-15-13(18)10-2-4-11(16)5-3-10/h2-5,16H,6-9H2,1H3,(H,14,17)(H,15,18). The Labute approximate surface area is 111 Å². The number of phenolic OH excluding ortho intramolecular Hbond substituents is 1. The quantitative estimate of drug-likeness (QED) is 0.618.